The summed E-state index contributed by atoms with van der Waals surface area (Å²) in [5.74, 6) is -0.0582. The van der Waals surface area contributed by atoms with Crippen LogP contribution in [0.15, 0.2) is 24.3 Å². The van der Waals surface area contributed by atoms with Crippen molar-refractivity contribution in [2.24, 2.45) is 0 Å². The molecule has 0 amide bonds. The van der Waals surface area contributed by atoms with Crippen LogP contribution in [0.1, 0.15) is 148 Å². The summed E-state index contributed by atoms with van der Waals surface area (Å²) in [5, 5.41) is 0. The van der Waals surface area contributed by atoms with Crippen LogP contribution in [0.2, 0.25) is 0 Å². The van der Waals surface area contributed by atoms with E-state index in [-0.39, 0.29) is 11.4 Å². The Balaban J connectivity index is 1.88. The number of aryl methyl sites for hydroxylation is 1. The Kier molecular flexibility index (Phi) is 17.2. The highest BCUT2D eigenvalue weighted by atomic mass is 16.5. The summed E-state index contributed by atoms with van der Waals surface area (Å²) in [4.78, 5) is 12.0. The van der Waals surface area contributed by atoms with Gasteiger partial charge in [-0.1, -0.05) is 148 Å². The van der Waals surface area contributed by atoms with Crippen LogP contribution in [0.5, 0.6) is 0 Å². The lowest BCUT2D eigenvalue weighted by Crippen LogP contribution is -2.12. The quantitative estimate of drug-likeness (QED) is 0.143. The van der Waals surface area contributed by atoms with Crippen molar-refractivity contribution in [1.82, 2.24) is 0 Å². The SMILES string of the molecule is CCCCCCCCCCCCCCCCCCOC(=O)CCc1cccc(C(C)(C)C)c1. The smallest absolute Gasteiger partial charge is 0.306 e. The molecule has 190 valence electrons. The molecule has 0 aliphatic heterocycles. The van der Waals surface area contributed by atoms with Gasteiger partial charge in [0.1, 0.15) is 0 Å². The molecule has 0 fully saturated rings. The van der Waals surface area contributed by atoms with E-state index in [0.717, 1.165) is 12.8 Å². The number of esters is 1. The van der Waals surface area contributed by atoms with Gasteiger partial charge >= 0.3 is 5.97 Å². The molecular weight excluding hydrogens is 404 g/mol. The third kappa shape index (κ3) is 16.9. The van der Waals surface area contributed by atoms with Crippen LogP contribution in [-0.2, 0) is 21.4 Å². The lowest BCUT2D eigenvalue weighted by atomic mass is 9.86. The Hall–Kier alpha value is -1.31. The van der Waals surface area contributed by atoms with Gasteiger partial charge in [-0.2, -0.15) is 0 Å². The highest BCUT2D eigenvalue weighted by Gasteiger charge is 2.14. The Morgan fingerprint density at radius 2 is 1.21 bits per heavy atom. The predicted octanol–water partition coefficient (Wildman–Crippen LogP) is 9.72. The third-order valence-corrected chi connectivity index (χ3v) is 6.67. The summed E-state index contributed by atoms with van der Waals surface area (Å²) >= 11 is 0. The molecule has 2 nitrogen and oxygen atoms in total. The van der Waals surface area contributed by atoms with Crippen molar-refractivity contribution >= 4 is 5.97 Å². The molecule has 0 aliphatic rings. The van der Waals surface area contributed by atoms with Crippen LogP contribution >= 0.6 is 0 Å². The van der Waals surface area contributed by atoms with Crippen molar-refractivity contribution in [1.29, 1.82) is 0 Å². The van der Waals surface area contributed by atoms with Gasteiger partial charge in [0.2, 0.25) is 0 Å². The molecule has 0 heterocycles. The van der Waals surface area contributed by atoms with E-state index in [1.165, 1.54) is 107 Å². The van der Waals surface area contributed by atoms with Crippen molar-refractivity contribution in [2.75, 3.05) is 6.61 Å². The zero-order valence-corrected chi connectivity index (χ0v) is 22.6. The molecule has 2 heteroatoms. The number of rotatable bonds is 20. The van der Waals surface area contributed by atoms with E-state index in [4.69, 9.17) is 4.74 Å². The Bertz CT molecular complexity index is 599. The first-order valence-electron chi connectivity index (χ1n) is 14.2. The second kappa shape index (κ2) is 19.0. The molecule has 0 aliphatic carbocycles. The van der Waals surface area contributed by atoms with Gasteiger partial charge in [0.05, 0.1) is 6.61 Å². The van der Waals surface area contributed by atoms with Gasteiger partial charge in [-0.3, -0.25) is 4.79 Å². The summed E-state index contributed by atoms with van der Waals surface area (Å²) in [6, 6.07) is 8.60. The van der Waals surface area contributed by atoms with Gasteiger partial charge in [-0.15, -0.1) is 0 Å². The maximum absolute atomic E-state index is 12.0. The van der Waals surface area contributed by atoms with Crippen LogP contribution in [-0.4, -0.2) is 12.6 Å². The lowest BCUT2D eigenvalue weighted by Gasteiger charge is -2.19. The number of benzene rings is 1. The van der Waals surface area contributed by atoms with Crippen molar-refractivity contribution in [3.8, 4) is 0 Å². The van der Waals surface area contributed by atoms with E-state index in [1.54, 1.807) is 0 Å². The lowest BCUT2D eigenvalue weighted by molar-refractivity contribution is -0.143. The summed E-state index contributed by atoms with van der Waals surface area (Å²) in [7, 11) is 0. The Morgan fingerprint density at radius 3 is 1.70 bits per heavy atom. The number of carbonyl (C=O) groups excluding carboxylic acids is 1. The van der Waals surface area contributed by atoms with E-state index in [2.05, 4.69) is 52.0 Å². The van der Waals surface area contributed by atoms with Gasteiger partial charge in [0.25, 0.3) is 0 Å². The number of unbranched alkanes of at least 4 members (excludes halogenated alkanes) is 15. The third-order valence-electron chi connectivity index (χ3n) is 6.67. The van der Waals surface area contributed by atoms with Crippen LogP contribution in [0.25, 0.3) is 0 Å². The van der Waals surface area contributed by atoms with E-state index >= 15 is 0 Å². The molecule has 0 radical (unpaired) electrons. The molecule has 0 bridgehead atoms. The molecule has 0 spiro atoms. The Labute approximate surface area is 206 Å². The first-order valence-corrected chi connectivity index (χ1v) is 14.2. The highest BCUT2D eigenvalue weighted by molar-refractivity contribution is 5.69. The maximum atomic E-state index is 12.0. The van der Waals surface area contributed by atoms with Crippen molar-refractivity contribution in [3.05, 3.63) is 35.4 Å². The molecular formula is C31H54O2. The fourth-order valence-electron chi connectivity index (χ4n) is 4.35. The molecule has 0 atom stereocenters. The second-order valence-electron chi connectivity index (χ2n) is 11.0. The van der Waals surface area contributed by atoms with Crippen LogP contribution in [0, 0.1) is 0 Å². The Morgan fingerprint density at radius 1 is 0.727 bits per heavy atom. The van der Waals surface area contributed by atoms with Gasteiger partial charge in [0, 0.05) is 6.42 Å². The maximum Gasteiger partial charge on any atom is 0.306 e. The monoisotopic (exact) mass is 458 g/mol. The number of ether oxygens (including phenoxy) is 1. The van der Waals surface area contributed by atoms with Crippen molar-refractivity contribution in [2.45, 2.75) is 149 Å². The molecule has 0 N–H and O–H groups in total. The van der Waals surface area contributed by atoms with E-state index < -0.39 is 0 Å². The zero-order chi connectivity index (χ0) is 24.2. The van der Waals surface area contributed by atoms with Gasteiger partial charge in [-0.05, 0) is 29.4 Å². The predicted molar refractivity (Wildman–Crippen MR) is 144 cm³/mol. The summed E-state index contributed by atoms with van der Waals surface area (Å²) in [6.45, 7) is 9.53. The van der Waals surface area contributed by atoms with Gasteiger partial charge < -0.3 is 4.74 Å². The normalized spacial score (nSPS) is 11.6. The van der Waals surface area contributed by atoms with E-state index in [1.807, 2.05) is 0 Å². The minimum Gasteiger partial charge on any atom is -0.466 e. The summed E-state index contributed by atoms with van der Waals surface area (Å²) in [5.41, 5.74) is 2.69. The second-order valence-corrected chi connectivity index (χ2v) is 11.0. The van der Waals surface area contributed by atoms with Gasteiger partial charge in [0.15, 0.2) is 0 Å². The molecule has 1 aromatic carbocycles. The largest absolute Gasteiger partial charge is 0.466 e. The van der Waals surface area contributed by atoms with Crippen LogP contribution < -0.4 is 0 Å². The molecule has 33 heavy (non-hydrogen) atoms. The highest BCUT2D eigenvalue weighted by Crippen LogP contribution is 2.23. The topological polar surface area (TPSA) is 26.3 Å². The molecule has 0 saturated carbocycles. The van der Waals surface area contributed by atoms with Crippen LogP contribution in [0.3, 0.4) is 0 Å². The first-order chi connectivity index (χ1) is 15.9. The molecule has 1 aromatic rings. The average molecular weight is 459 g/mol. The fraction of sp³-hybridized carbons (Fsp3) is 0.774. The zero-order valence-electron chi connectivity index (χ0n) is 22.6. The number of hydrogen-bond donors (Lipinski definition) is 0. The number of hydrogen-bond acceptors (Lipinski definition) is 2. The van der Waals surface area contributed by atoms with E-state index in [9.17, 15) is 4.79 Å². The summed E-state index contributed by atoms with van der Waals surface area (Å²) < 4.78 is 5.44. The minimum atomic E-state index is -0.0582. The number of carbonyl (C=O) groups is 1. The van der Waals surface area contributed by atoms with Crippen molar-refractivity contribution < 1.29 is 9.53 Å². The van der Waals surface area contributed by atoms with Crippen LogP contribution in [0.4, 0.5) is 0 Å². The fourth-order valence-corrected chi connectivity index (χ4v) is 4.35. The first kappa shape index (κ1) is 29.7. The summed E-state index contributed by atoms with van der Waals surface area (Å²) in [6.07, 6.45) is 23.0. The molecule has 0 unspecified atom stereocenters. The molecule has 0 aromatic heterocycles. The standard InChI is InChI=1S/C31H54O2/c1-5-6-7-8-9-10-11-12-13-14-15-16-17-18-19-20-26-33-30(32)25-24-28-22-21-23-29(27-28)31(2,3)4/h21-23,27H,5-20,24-26H2,1-4H3. The minimum absolute atomic E-state index is 0.0582. The molecule has 0 saturated heterocycles. The average Bonchev–Trinajstić information content (AvgIpc) is 2.79. The van der Waals surface area contributed by atoms with Gasteiger partial charge in [-0.25, -0.2) is 0 Å². The molecule has 1 rings (SSSR count). The van der Waals surface area contributed by atoms with Crippen molar-refractivity contribution in [3.63, 3.8) is 0 Å². The van der Waals surface area contributed by atoms with E-state index in [0.29, 0.717) is 13.0 Å².